The number of nitrogens with zero attached hydrogens (tertiary/aromatic N) is 2. The minimum absolute atomic E-state index is 0.303. The number of carbonyl (C=O) groups excluding carboxylic acids is 1. The molecule has 0 saturated heterocycles. The predicted molar refractivity (Wildman–Crippen MR) is 75.3 cm³/mol. The molecule has 0 aliphatic heterocycles. The van der Waals surface area contributed by atoms with Crippen LogP contribution in [0.1, 0.15) is 23.0 Å². The minimum atomic E-state index is -0.447. The van der Waals surface area contributed by atoms with Crippen LogP contribution in [-0.2, 0) is 6.42 Å². The number of rotatable bonds is 4. The number of aryl methyl sites for hydroxylation is 1. The number of amides is 1. The third-order valence-electron chi connectivity index (χ3n) is 2.73. The van der Waals surface area contributed by atoms with Gasteiger partial charge in [0.1, 0.15) is 17.5 Å². The second-order valence-corrected chi connectivity index (χ2v) is 4.15. The van der Waals surface area contributed by atoms with Gasteiger partial charge < -0.3 is 10.6 Å². The Morgan fingerprint density at radius 2 is 2.10 bits per heavy atom. The summed E-state index contributed by atoms with van der Waals surface area (Å²) in [4.78, 5) is 20.2. The van der Waals surface area contributed by atoms with Gasteiger partial charge in [0.05, 0.1) is 6.20 Å². The zero-order valence-corrected chi connectivity index (χ0v) is 11.3. The van der Waals surface area contributed by atoms with E-state index < -0.39 is 5.82 Å². The van der Waals surface area contributed by atoms with Gasteiger partial charge in [-0.15, -0.1) is 0 Å². The van der Waals surface area contributed by atoms with E-state index in [2.05, 4.69) is 20.6 Å². The highest BCUT2D eigenvalue weighted by Crippen LogP contribution is 2.13. The highest BCUT2D eigenvalue weighted by Gasteiger charge is 2.10. The van der Waals surface area contributed by atoms with E-state index in [1.54, 1.807) is 19.2 Å². The van der Waals surface area contributed by atoms with Crippen molar-refractivity contribution in [2.45, 2.75) is 13.3 Å². The van der Waals surface area contributed by atoms with Crippen molar-refractivity contribution in [2.75, 3.05) is 17.7 Å². The molecule has 0 bridgehead atoms. The SMILES string of the molecule is CCc1cc(C(=O)Nc2ccc(F)cn2)cc(NC)n1. The number of hydrogen-bond donors (Lipinski definition) is 2. The summed E-state index contributed by atoms with van der Waals surface area (Å²) in [6, 6.07) is 6.03. The highest BCUT2D eigenvalue weighted by atomic mass is 19.1. The third-order valence-corrected chi connectivity index (χ3v) is 2.73. The zero-order chi connectivity index (χ0) is 14.5. The molecule has 2 aromatic rings. The number of hydrogen-bond acceptors (Lipinski definition) is 4. The second kappa shape index (κ2) is 6.10. The van der Waals surface area contributed by atoms with Crippen molar-refractivity contribution in [1.29, 1.82) is 0 Å². The second-order valence-electron chi connectivity index (χ2n) is 4.15. The Morgan fingerprint density at radius 1 is 1.30 bits per heavy atom. The first kappa shape index (κ1) is 13.9. The molecule has 2 heterocycles. The first-order valence-corrected chi connectivity index (χ1v) is 6.24. The molecule has 6 heteroatoms. The lowest BCUT2D eigenvalue weighted by Crippen LogP contribution is -2.14. The van der Waals surface area contributed by atoms with E-state index in [9.17, 15) is 9.18 Å². The molecule has 0 saturated carbocycles. The van der Waals surface area contributed by atoms with Gasteiger partial charge in [-0.25, -0.2) is 14.4 Å². The number of aromatic nitrogens is 2. The van der Waals surface area contributed by atoms with Crippen LogP contribution in [0.25, 0.3) is 0 Å². The molecular formula is C14H15FN4O. The van der Waals surface area contributed by atoms with Crippen molar-refractivity contribution >= 4 is 17.5 Å². The van der Waals surface area contributed by atoms with Gasteiger partial charge in [0.15, 0.2) is 0 Å². The smallest absolute Gasteiger partial charge is 0.257 e. The Kier molecular flexibility index (Phi) is 4.24. The quantitative estimate of drug-likeness (QED) is 0.898. The van der Waals surface area contributed by atoms with Crippen molar-refractivity contribution in [3.63, 3.8) is 0 Å². The largest absolute Gasteiger partial charge is 0.373 e. The van der Waals surface area contributed by atoms with E-state index in [0.29, 0.717) is 17.2 Å². The molecule has 0 radical (unpaired) electrons. The average molecular weight is 274 g/mol. The summed E-state index contributed by atoms with van der Waals surface area (Å²) in [5, 5.41) is 5.53. The molecule has 0 fully saturated rings. The van der Waals surface area contributed by atoms with Crippen molar-refractivity contribution in [1.82, 2.24) is 9.97 Å². The fourth-order valence-electron chi connectivity index (χ4n) is 1.67. The molecule has 0 unspecified atom stereocenters. The third kappa shape index (κ3) is 3.28. The van der Waals surface area contributed by atoms with E-state index in [-0.39, 0.29) is 5.91 Å². The van der Waals surface area contributed by atoms with Crippen molar-refractivity contribution in [3.05, 3.63) is 47.5 Å². The number of halogens is 1. The maximum Gasteiger partial charge on any atom is 0.257 e. The molecule has 0 spiro atoms. The maximum atomic E-state index is 12.8. The molecular weight excluding hydrogens is 259 g/mol. The molecule has 2 N–H and O–H groups in total. The van der Waals surface area contributed by atoms with Gasteiger partial charge in [0, 0.05) is 18.3 Å². The number of pyridine rings is 2. The molecule has 2 aromatic heterocycles. The van der Waals surface area contributed by atoms with Gasteiger partial charge >= 0.3 is 0 Å². The maximum absolute atomic E-state index is 12.8. The van der Waals surface area contributed by atoms with Gasteiger partial charge in [-0.1, -0.05) is 6.92 Å². The number of nitrogens with one attached hydrogen (secondary N) is 2. The van der Waals surface area contributed by atoms with E-state index in [0.717, 1.165) is 18.3 Å². The first-order chi connectivity index (χ1) is 9.62. The highest BCUT2D eigenvalue weighted by molar-refractivity contribution is 6.04. The van der Waals surface area contributed by atoms with Crippen LogP contribution in [0, 0.1) is 5.82 Å². The van der Waals surface area contributed by atoms with Crippen LogP contribution in [0.15, 0.2) is 30.5 Å². The van der Waals surface area contributed by atoms with Gasteiger partial charge in [0.2, 0.25) is 0 Å². The van der Waals surface area contributed by atoms with Gasteiger partial charge in [-0.3, -0.25) is 4.79 Å². The summed E-state index contributed by atoms with van der Waals surface area (Å²) in [5.74, 6) is 0.175. The standard InChI is InChI=1S/C14H15FN4O/c1-3-11-6-9(7-13(16-2)18-11)14(20)19-12-5-4-10(15)8-17-12/h4-8H,3H2,1-2H3,(H,16,18)(H,17,19,20). The number of carbonyl (C=O) groups is 1. The fraction of sp³-hybridized carbons (Fsp3) is 0.214. The molecule has 0 atom stereocenters. The number of anilines is 2. The first-order valence-electron chi connectivity index (χ1n) is 6.24. The summed E-state index contributed by atoms with van der Waals surface area (Å²) in [7, 11) is 1.74. The molecule has 5 nitrogen and oxygen atoms in total. The summed E-state index contributed by atoms with van der Waals surface area (Å²) in [6.07, 6.45) is 1.78. The summed E-state index contributed by atoms with van der Waals surface area (Å²) >= 11 is 0. The monoisotopic (exact) mass is 274 g/mol. The molecule has 2 rings (SSSR count). The lowest BCUT2D eigenvalue weighted by Gasteiger charge is -2.08. The Labute approximate surface area is 116 Å². The Hall–Kier alpha value is -2.50. The van der Waals surface area contributed by atoms with Crippen molar-refractivity contribution in [3.8, 4) is 0 Å². The van der Waals surface area contributed by atoms with Gasteiger partial charge in [-0.05, 0) is 30.7 Å². The van der Waals surface area contributed by atoms with Gasteiger partial charge in [-0.2, -0.15) is 0 Å². The van der Waals surface area contributed by atoms with Crippen LogP contribution in [0.5, 0.6) is 0 Å². The van der Waals surface area contributed by atoms with Crippen molar-refractivity contribution in [2.24, 2.45) is 0 Å². The fourth-order valence-corrected chi connectivity index (χ4v) is 1.67. The van der Waals surface area contributed by atoms with Crippen LogP contribution >= 0.6 is 0 Å². The zero-order valence-electron chi connectivity index (χ0n) is 11.3. The molecule has 0 aliphatic carbocycles. The molecule has 0 aliphatic rings. The summed E-state index contributed by atoms with van der Waals surface area (Å²) in [6.45, 7) is 1.96. The van der Waals surface area contributed by atoms with E-state index >= 15 is 0 Å². The van der Waals surface area contributed by atoms with E-state index in [1.165, 1.54) is 12.1 Å². The van der Waals surface area contributed by atoms with Gasteiger partial charge in [0.25, 0.3) is 5.91 Å². The lowest BCUT2D eigenvalue weighted by molar-refractivity contribution is 0.102. The van der Waals surface area contributed by atoms with Crippen LogP contribution in [0.4, 0.5) is 16.0 Å². The van der Waals surface area contributed by atoms with E-state index in [1.807, 2.05) is 6.92 Å². The summed E-state index contributed by atoms with van der Waals surface area (Å²) < 4.78 is 12.8. The van der Waals surface area contributed by atoms with Crippen LogP contribution < -0.4 is 10.6 Å². The molecule has 0 aromatic carbocycles. The van der Waals surface area contributed by atoms with Crippen LogP contribution in [0.2, 0.25) is 0 Å². The van der Waals surface area contributed by atoms with Crippen LogP contribution in [-0.4, -0.2) is 22.9 Å². The summed E-state index contributed by atoms with van der Waals surface area (Å²) in [5.41, 5.74) is 1.29. The Morgan fingerprint density at radius 3 is 2.70 bits per heavy atom. The van der Waals surface area contributed by atoms with E-state index in [4.69, 9.17) is 0 Å². The predicted octanol–water partition coefficient (Wildman–Crippen LogP) is 2.47. The minimum Gasteiger partial charge on any atom is -0.373 e. The van der Waals surface area contributed by atoms with Crippen LogP contribution in [0.3, 0.4) is 0 Å². The topological polar surface area (TPSA) is 66.9 Å². The Bertz CT molecular complexity index is 591. The average Bonchev–Trinajstić information content (AvgIpc) is 2.48. The normalized spacial score (nSPS) is 10.2. The lowest BCUT2D eigenvalue weighted by atomic mass is 10.2. The molecule has 1 amide bonds. The Balaban J connectivity index is 2.22. The van der Waals surface area contributed by atoms with Crippen molar-refractivity contribution < 1.29 is 9.18 Å². The molecule has 20 heavy (non-hydrogen) atoms. The molecule has 104 valence electrons.